The van der Waals surface area contributed by atoms with Gasteiger partial charge in [-0.3, -0.25) is 9.59 Å². The molecule has 1 heterocycles. The summed E-state index contributed by atoms with van der Waals surface area (Å²) in [5.41, 5.74) is 1.74. The van der Waals surface area contributed by atoms with E-state index in [1.54, 1.807) is 25.1 Å². The van der Waals surface area contributed by atoms with Gasteiger partial charge in [0.05, 0.1) is 7.11 Å². The minimum absolute atomic E-state index is 0.0508. The predicted octanol–water partition coefficient (Wildman–Crippen LogP) is 2.79. The zero-order valence-corrected chi connectivity index (χ0v) is 11.5. The van der Waals surface area contributed by atoms with Crippen molar-refractivity contribution in [2.24, 2.45) is 0 Å². The molecule has 0 N–H and O–H groups in total. The minimum atomic E-state index is -0.322. The minimum Gasteiger partial charge on any atom is -0.469 e. The van der Waals surface area contributed by atoms with Crippen molar-refractivity contribution >= 4 is 11.8 Å². The second-order valence-electron chi connectivity index (χ2n) is 4.55. The number of hydrogen-bond donors (Lipinski definition) is 0. The molecule has 1 aromatic carbocycles. The first-order chi connectivity index (χ1) is 9.58. The normalized spacial score (nSPS) is 10.3. The quantitative estimate of drug-likeness (QED) is 0.620. The first-order valence-electron chi connectivity index (χ1n) is 6.33. The Kier molecular flexibility index (Phi) is 4.35. The van der Waals surface area contributed by atoms with E-state index < -0.39 is 0 Å². The van der Waals surface area contributed by atoms with Crippen LogP contribution >= 0.6 is 0 Å². The largest absolute Gasteiger partial charge is 0.469 e. The third kappa shape index (κ3) is 3.57. The SMILES string of the molecule is COC(=O)Cc1ccc(Cc2ccc(C(C)=O)cc2)o1. The number of rotatable bonds is 5. The molecular formula is C16H16O4. The predicted molar refractivity (Wildman–Crippen MR) is 73.7 cm³/mol. The van der Waals surface area contributed by atoms with E-state index in [1.807, 2.05) is 18.2 Å². The van der Waals surface area contributed by atoms with Crippen LogP contribution in [0.3, 0.4) is 0 Å². The number of ketones is 1. The van der Waals surface area contributed by atoms with Gasteiger partial charge >= 0.3 is 5.97 Å². The van der Waals surface area contributed by atoms with E-state index in [0.717, 1.165) is 11.3 Å². The lowest BCUT2D eigenvalue weighted by molar-refractivity contribution is -0.140. The number of carbonyl (C=O) groups is 2. The summed E-state index contributed by atoms with van der Waals surface area (Å²) in [6.07, 6.45) is 0.763. The Morgan fingerprint density at radius 3 is 2.30 bits per heavy atom. The van der Waals surface area contributed by atoms with Crippen molar-refractivity contribution < 1.29 is 18.7 Å². The van der Waals surface area contributed by atoms with Crippen LogP contribution in [-0.2, 0) is 22.4 Å². The summed E-state index contributed by atoms with van der Waals surface area (Å²) >= 11 is 0. The third-order valence-corrected chi connectivity index (χ3v) is 3.00. The van der Waals surface area contributed by atoms with Gasteiger partial charge in [0.1, 0.15) is 17.9 Å². The molecule has 104 valence electrons. The van der Waals surface area contributed by atoms with Crippen molar-refractivity contribution in [3.63, 3.8) is 0 Å². The Bertz CT molecular complexity index is 608. The summed E-state index contributed by atoms with van der Waals surface area (Å²) in [5.74, 6) is 1.10. The standard InChI is InChI=1S/C16H16O4/c1-11(17)13-5-3-12(4-6-13)9-14-7-8-15(20-14)10-16(18)19-2/h3-8H,9-10H2,1-2H3. The molecule has 0 bridgehead atoms. The molecule has 1 aromatic heterocycles. The number of furan rings is 1. The van der Waals surface area contributed by atoms with E-state index in [1.165, 1.54) is 7.11 Å². The average Bonchev–Trinajstić information content (AvgIpc) is 2.86. The highest BCUT2D eigenvalue weighted by atomic mass is 16.5. The fraction of sp³-hybridized carbons (Fsp3) is 0.250. The molecule has 0 atom stereocenters. The van der Waals surface area contributed by atoms with Gasteiger partial charge in [-0.25, -0.2) is 0 Å². The van der Waals surface area contributed by atoms with Crippen LogP contribution in [0.1, 0.15) is 34.4 Å². The first-order valence-corrected chi connectivity index (χ1v) is 6.33. The molecule has 20 heavy (non-hydrogen) atoms. The van der Waals surface area contributed by atoms with Gasteiger partial charge in [-0.15, -0.1) is 0 Å². The summed E-state index contributed by atoms with van der Waals surface area (Å²) in [6, 6.07) is 11.0. The van der Waals surface area contributed by atoms with Crippen molar-refractivity contribution in [1.29, 1.82) is 0 Å². The van der Waals surface area contributed by atoms with E-state index in [4.69, 9.17) is 4.42 Å². The van der Waals surface area contributed by atoms with Crippen LogP contribution in [0.2, 0.25) is 0 Å². The van der Waals surface area contributed by atoms with Gasteiger partial charge in [0, 0.05) is 12.0 Å². The van der Waals surface area contributed by atoms with Gasteiger partial charge in [-0.1, -0.05) is 24.3 Å². The van der Waals surface area contributed by atoms with E-state index in [2.05, 4.69) is 4.74 Å². The first kappa shape index (κ1) is 14.1. The van der Waals surface area contributed by atoms with Crippen LogP contribution in [0.4, 0.5) is 0 Å². The van der Waals surface area contributed by atoms with Crippen LogP contribution in [0.25, 0.3) is 0 Å². The molecule has 2 aromatic rings. The lowest BCUT2D eigenvalue weighted by atomic mass is 10.1. The van der Waals surface area contributed by atoms with Crippen molar-refractivity contribution in [1.82, 2.24) is 0 Å². The lowest BCUT2D eigenvalue weighted by Crippen LogP contribution is -2.03. The Balaban J connectivity index is 2.03. The highest BCUT2D eigenvalue weighted by Crippen LogP contribution is 2.15. The Morgan fingerprint density at radius 2 is 1.70 bits per heavy atom. The smallest absolute Gasteiger partial charge is 0.313 e. The van der Waals surface area contributed by atoms with Crippen LogP contribution < -0.4 is 0 Å². The molecule has 0 amide bonds. The Hall–Kier alpha value is -2.36. The van der Waals surface area contributed by atoms with Gasteiger partial charge < -0.3 is 9.15 Å². The third-order valence-electron chi connectivity index (χ3n) is 3.00. The summed E-state index contributed by atoms with van der Waals surface area (Å²) in [4.78, 5) is 22.3. The van der Waals surface area contributed by atoms with E-state index in [9.17, 15) is 9.59 Å². The summed E-state index contributed by atoms with van der Waals surface area (Å²) < 4.78 is 10.2. The van der Waals surface area contributed by atoms with Gasteiger partial charge in [0.15, 0.2) is 5.78 Å². The highest BCUT2D eigenvalue weighted by molar-refractivity contribution is 5.94. The van der Waals surface area contributed by atoms with Crippen molar-refractivity contribution in [3.05, 3.63) is 59.0 Å². The van der Waals surface area contributed by atoms with E-state index in [0.29, 0.717) is 17.7 Å². The molecule has 0 radical (unpaired) electrons. The molecule has 2 rings (SSSR count). The van der Waals surface area contributed by atoms with E-state index >= 15 is 0 Å². The number of ether oxygens (including phenoxy) is 1. The summed E-state index contributed by atoms with van der Waals surface area (Å²) in [7, 11) is 1.35. The molecule has 0 aliphatic rings. The molecule has 0 fully saturated rings. The molecule has 4 nitrogen and oxygen atoms in total. The van der Waals surface area contributed by atoms with Gasteiger partial charge in [0.25, 0.3) is 0 Å². The highest BCUT2D eigenvalue weighted by Gasteiger charge is 2.08. The topological polar surface area (TPSA) is 56.5 Å². The van der Waals surface area contributed by atoms with Crippen LogP contribution in [0, 0.1) is 0 Å². The van der Waals surface area contributed by atoms with E-state index in [-0.39, 0.29) is 18.2 Å². The lowest BCUT2D eigenvalue weighted by Gasteiger charge is -2.00. The summed E-state index contributed by atoms with van der Waals surface area (Å²) in [6.45, 7) is 1.54. The maximum Gasteiger partial charge on any atom is 0.313 e. The zero-order valence-electron chi connectivity index (χ0n) is 11.5. The van der Waals surface area contributed by atoms with Crippen LogP contribution in [-0.4, -0.2) is 18.9 Å². The average molecular weight is 272 g/mol. The second kappa shape index (κ2) is 6.19. The van der Waals surface area contributed by atoms with Crippen LogP contribution in [0.15, 0.2) is 40.8 Å². The van der Waals surface area contributed by atoms with Crippen molar-refractivity contribution in [2.75, 3.05) is 7.11 Å². The molecule has 0 aliphatic carbocycles. The zero-order chi connectivity index (χ0) is 14.5. The number of hydrogen-bond acceptors (Lipinski definition) is 4. The fourth-order valence-electron chi connectivity index (χ4n) is 1.89. The fourth-order valence-corrected chi connectivity index (χ4v) is 1.89. The molecular weight excluding hydrogens is 256 g/mol. The Morgan fingerprint density at radius 1 is 1.05 bits per heavy atom. The van der Waals surface area contributed by atoms with Gasteiger partial charge in [-0.05, 0) is 24.6 Å². The molecule has 0 aliphatic heterocycles. The number of methoxy groups -OCH3 is 1. The Labute approximate surface area is 117 Å². The van der Waals surface area contributed by atoms with Gasteiger partial charge in [0.2, 0.25) is 0 Å². The summed E-state index contributed by atoms with van der Waals surface area (Å²) in [5, 5.41) is 0. The van der Waals surface area contributed by atoms with Crippen molar-refractivity contribution in [3.8, 4) is 0 Å². The number of esters is 1. The molecule has 0 saturated carbocycles. The molecule has 0 unspecified atom stereocenters. The number of carbonyl (C=O) groups excluding carboxylic acids is 2. The monoisotopic (exact) mass is 272 g/mol. The second-order valence-corrected chi connectivity index (χ2v) is 4.55. The van der Waals surface area contributed by atoms with Crippen molar-refractivity contribution in [2.45, 2.75) is 19.8 Å². The van der Waals surface area contributed by atoms with Crippen LogP contribution in [0.5, 0.6) is 0 Å². The van der Waals surface area contributed by atoms with Gasteiger partial charge in [-0.2, -0.15) is 0 Å². The number of benzene rings is 1. The molecule has 0 spiro atoms. The maximum atomic E-state index is 11.2. The molecule has 4 heteroatoms. The molecule has 0 saturated heterocycles. The number of Topliss-reactive ketones (excluding diaryl/α,β-unsaturated/α-hetero) is 1. The maximum absolute atomic E-state index is 11.2.